The number of hydrogen-bond donors (Lipinski definition) is 2. The highest BCUT2D eigenvalue weighted by Gasteiger charge is 2.12. The van der Waals surface area contributed by atoms with Crippen molar-refractivity contribution in [1.29, 1.82) is 5.26 Å². The van der Waals surface area contributed by atoms with E-state index < -0.39 is 11.9 Å². The molecule has 1 rings (SSSR count). The minimum atomic E-state index is -0.491. The van der Waals surface area contributed by atoms with Crippen molar-refractivity contribution >= 4 is 17.6 Å². The van der Waals surface area contributed by atoms with Gasteiger partial charge in [-0.15, -0.1) is 0 Å². The number of esters is 1. The molecule has 1 aromatic carbocycles. The van der Waals surface area contributed by atoms with E-state index in [0.717, 1.165) is 0 Å². The van der Waals surface area contributed by atoms with Gasteiger partial charge in [-0.1, -0.05) is 12.1 Å². The Bertz CT molecular complexity index is 635. The van der Waals surface area contributed by atoms with E-state index >= 15 is 0 Å². The van der Waals surface area contributed by atoms with E-state index in [1.54, 1.807) is 38.3 Å². The molecule has 0 aliphatic heterocycles. The summed E-state index contributed by atoms with van der Waals surface area (Å²) in [5, 5.41) is 14.5. The largest absolute Gasteiger partial charge is 0.462 e. The summed E-state index contributed by atoms with van der Waals surface area (Å²) >= 11 is 0. The quantitative estimate of drug-likeness (QED) is 0.310. The lowest BCUT2D eigenvalue weighted by Crippen LogP contribution is -2.26. The van der Waals surface area contributed by atoms with Crippen molar-refractivity contribution in [3.05, 3.63) is 41.6 Å². The van der Waals surface area contributed by atoms with Crippen LogP contribution in [0.3, 0.4) is 0 Å². The highest BCUT2D eigenvalue weighted by Crippen LogP contribution is 2.16. The summed E-state index contributed by atoms with van der Waals surface area (Å²) in [6, 6.07) is 8.52. The normalized spacial score (nSPS) is 10.6. The number of hydrogen-bond acceptors (Lipinski definition) is 6. The fourth-order valence-electron chi connectivity index (χ4n) is 1.81. The number of amides is 1. The van der Waals surface area contributed by atoms with Crippen LogP contribution in [0.1, 0.15) is 23.7 Å². The number of rotatable bonds is 9. The van der Waals surface area contributed by atoms with Gasteiger partial charge in [0.2, 0.25) is 0 Å². The van der Waals surface area contributed by atoms with Crippen molar-refractivity contribution in [2.24, 2.45) is 0 Å². The molecule has 0 fully saturated rings. The first-order valence-electron chi connectivity index (χ1n) is 7.54. The van der Waals surface area contributed by atoms with Gasteiger partial charge < -0.3 is 20.1 Å². The number of carbonyl (C=O) groups is 2. The Morgan fingerprint density at radius 1 is 1.33 bits per heavy atom. The first kappa shape index (κ1) is 19.2. The Hall–Kier alpha value is -2.85. The predicted octanol–water partition coefficient (Wildman–Crippen LogP) is 1.84. The number of benzene rings is 1. The maximum absolute atomic E-state index is 11.9. The molecule has 7 heteroatoms. The lowest BCUT2D eigenvalue weighted by molar-refractivity contribution is -0.117. The zero-order chi connectivity index (χ0) is 17.8. The molecule has 0 radical (unpaired) electrons. The van der Waals surface area contributed by atoms with Gasteiger partial charge in [0.15, 0.2) is 0 Å². The molecule has 0 saturated carbocycles. The molecule has 0 bridgehead atoms. The average Bonchev–Trinajstić information content (AvgIpc) is 2.60. The Balaban J connectivity index is 2.77. The zero-order valence-corrected chi connectivity index (χ0v) is 13.8. The van der Waals surface area contributed by atoms with E-state index in [0.29, 0.717) is 30.8 Å². The minimum absolute atomic E-state index is 0.0916. The Labute approximate surface area is 141 Å². The average molecular weight is 331 g/mol. The highest BCUT2D eigenvalue weighted by molar-refractivity contribution is 5.98. The molecule has 0 aliphatic carbocycles. The highest BCUT2D eigenvalue weighted by atomic mass is 16.5. The summed E-state index contributed by atoms with van der Waals surface area (Å²) in [4.78, 5) is 23.8. The van der Waals surface area contributed by atoms with Crippen LogP contribution >= 0.6 is 0 Å². The van der Waals surface area contributed by atoms with Gasteiger partial charge in [0, 0.05) is 26.5 Å². The first-order chi connectivity index (χ1) is 11.6. The Kier molecular flexibility index (Phi) is 8.64. The van der Waals surface area contributed by atoms with Crippen LogP contribution in [0.15, 0.2) is 36.0 Å². The maximum atomic E-state index is 11.9. The third kappa shape index (κ3) is 6.10. The van der Waals surface area contributed by atoms with E-state index in [-0.39, 0.29) is 12.2 Å². The topological polar surface area (TPSA) is 100 Å². The number of ether oxygens (including phenoxy) is 2. The smallest absolute Gasteiger partial charge is 0.340 e. The van der Waals surface area contributed by atoms with Crippen LogP contribution in [0.25, 0.3) is 0 Å². The minimum Gasteiger partial charge on any atom is -0.462 e. The van der Waals surface area contributed by atoms with Gasteiger partial charge in [-0.2, -0.15) is 5.26 Å². The van der Waals surface area contributed by atoms with Gasteiger partial charge in [0.05, 0.1) is 17.9 Å². The molecule has 1 amide bonds. The van der Waals surface area contributed by atoms with Crippen molar-refractivity contribution in [2.75, 3.05) is 32.2 Å². The number of nitrogens with one attached hydrogen (secondary N) is 2. The van der Waals surface area contributed by atoms with Crippen LogP contribution in [0.5, 0.6) is 0 Å². The third-order valence-electron chi connectivity index (χ3n) is 2.97. The molecule has 1 aromatic rings. The number of nitrogens with zero attached hydrogens (tertiary/aromatic N) is 1. The molecule has 0 aromatic heterocycles. The van der Waals surface area contributed by atoms with E-state index in [1.165, 1.54) is 6.20 Å². The number of methoxy groups -OCH3 is 1. The second-order valence-electron chi connectivity index (χ2n) is 4.68. The van der Waals surface area contributed by atoms with Crippen molar-refractivity contribution in [3.8, 4) is 6.07 Å². The van der Waals surface area contributed by atoms with Gasteiger partial charge in [-0.3, -0.25) is 4.79 Å². The summed E-state index contributed by atoms with van der Waals surface area (Å²) in [7, 11) is 1.58. The van der Waals surface area contributed by atoms with Gasteiger partial charge in [-0.05, 0) is 25.5 Å². The maximum Gasteiger partial charge on any atom is 0.340 e. The number of para-hydroxylation sites is 1. The van der Waals surface area contributed by atoms with E-state index in [2.05, 4.69) is 10.6 Å². The van der Waals surface area contributed by atoms with Crippen LogP contribution in [0.4, 0.5) is 5.69 Å². The molecule has 0 aliphatic rings. The molecule has 7 nitrogen and oxygen atoms in total. The summed E-state index contributed by atoms with van der Waals surface area (Å²) in [6.07, 6.45) is 1.92. The fraction of sp³-hybridized carbons (Fsp3) is 0.353. The molecule has 0 unspecified atom stereocenters. The fourth-order valence-corrected chi connectivity index (χ4v) is 1.81. The molecule has 24 heavy (non-hydrogen) atoms. The zero-order valence-electron chi connectivity index (χ0n) is 13.8. The molecule has 0 spiro atoms. The van der Waals surface area contributed by atoms with Crippen LogP contribution in [-0.2, 0) is 14.3 Å². The van der Waals surface area contributed by atoms with Crippen LogP contribution in [0.2, 0.25) is 0 Å². The van der Waals surface area contributed by atoms with Crippen LogP contribution in [-0.4, -0.2) is 38.7 Å². The SMILES string of the molecule is CCOC(=O)c1ccccc1N/C=C(/C#N)C(=O)NCCCOC. The van der Waals surface area contributed by atoms with Crippen molar-refractivity contribution in [3.63, 3.8) is 0 Å². The molecular formula is C17H21N3O4. The Morgan fingerprint density at radius 3 is 2.75 bits per heavy atom. The van der Waals surface area contributed by atoms with Crippen LogP contribution in [0, 0.1) is 11.3 Å². The lowest BCUT2D eigenvalue weighted by Gasteiger charge is -2.09. The third-order valence-corrected chi connectivity index (χ3v) is 2.97. The van der Waals surface area contributed by atoms with E-state index in [4.69, 9.17) is 14.7 Å². The monoisotopic (exact) mass is 331 g/mol. The number of carbonyl (C=O) groups excluding carboxylic acids is 2. The number of anilines is 1. The molecule has 0 saturated heterocycles. The first-order valence-corrected chi connectivity index (χ1v) is 7.54. The standard InChI is InChI=1S/C17H21N3O4/c1-3-24-17(22)14-7-4-5-8-15(14)20-12-13(11-18)16(21)19-9-6-10-23-2/h4-5,7-8,12,20H,3,6,9-10H2,1-2H3,(H,19,21)/b13-12-. The van der Waals surface area contributed by atoms with Crippen molar-refractivity contribution < 1.29 is 19.1 Å². The molecule has 0 heterocycles. The van der Waals surface area contributed by atoms with Crippen molar-refractivity contribution in [1.82, 2.24) is 5.32 Å². The van der Waals surface area contributed by atoms with E-state index in [9.17, 15) is 9.59 Å². The lowest BCUT2D eigenvalue weighted by atomic mass is 10.2. The predicted molar refractivity (Wildman–Crippen MR) is 89.2 cm³/mol. The Morgan fingerprint density at radius 2 is 2.08 bits per heavy atom. The van der Waals surface area contributed by atoms with Gasteiger partial charge in [-0.25, -0.2) is 4.79 Å². The second-order valence-corrected chi connectivity index (χ2v) is 4.68. The molecule has 2 N–H and O–H groups in total. The molecule has 128 valence electrons. The second kappa shape index (κ2) is 10.8. The summed E-state index contributed by atoms with van der Waals surface area (Å²) in [5.74, 6) is -0.966. The van der Waals surface area contributed by atoms with Gasteiger partial charge in [0.1, 0.15) is 11.6 Å². The van der Waals surface area contributed by atoms with E-state index in [1.807, 2.05) is 6.07 Å². The summed E-state index contributed by atoms with van der Waals surface area (Å²) < 4.78 is 9.85. The molecule has 0 atom stereocenters. The number of nitriles is 1. The molecular weight excluding hydrogens is 310 g/mol. The van der Waals surface area contributed by atoms with Gasteiger partial charge >= 0.3 is 5.97 Å². The van der Waals surface area contributed by atoms with Gasteiger partial charge in [0.25, 0.3) is 5.91 Å². The van der Waals surface area contributed by atoms with Crippen molar-refractivity contribution in [2.45, 2.75) is 13.3 Å². The summed E-state index contributed by atoms with van der Waals surface area (Å²) in [5.41, 5.74) is 0.690. The van der Waals surface area contributed by atoms with Crippen LogP contribution < -0.4 is 10.6 Å². The summed E-state index contributed by atoms with van der Waals surface area (Å²) in [6.45, 7) is 2.91.